The maximum absolute atomic E-state index is 11.6. The number of rotatable bonds is 3. The zero-order valence-electron chi connectivity index (χ0n) is 8.83. The summed E-state index contributed by atoms with van der Waals surface area (Å²) in [6.07, 6.45) is 0. The quantitative estimate of drug-likeness (QED) is 0.831. The number of amides is 1. The van der Waals surface area contributed by atoms with Gasteiger partial charge in [-0.05, 0) is 31.2 Å². The number of benzene rings is 1. The van der Waals surface area contributed by atoms with E-state index in [9.17, 15) is 4.79 Å². The zero-order chi connectivity index (χ0) is 11.4. The summed E-state index contributed by atoms with van der Waals surface area (Å²) in [5.41, 5.74) is 6.37. The molecular formula is C11H15ClN2O. The molecule has 2 unspecified atom stereocenters. The van der Waals surface area contributed by atoms with E-state index in [2.05, 4.69) is 5.32 Å². The van der Waals surface area contributed by atoms with Crippen molar-refractivity contribution >= 4 is 23.2 Å². The molecule has 0 heterocycles. The van der Waals surface area contributed by atoms with Crippen molar-refractivity contribution < 1.29 is 4.79 Å². The summed E-state index contributed by atoms with van der Waals surface area (Å²) in [6.45, 7) is 3.61. The molecule has 0 aliphatic carbocycles. The van der Waals surface area contributed by atoms with Gasteiger partial charge >= 0.3 is 0 Å². The maximum Gasteiger partial charge on any atom is 0.228 e. The smallest absolute Gasteiger partial charge is 0.228 e. The Morgan fingerprint density at radius 1 is 1.33 bits per heavy atom. The van der Waals surface area contributed by atoms with Gasteiger partial charge in [0.05, 0.1) is 5.92 Å². The number of nitrogens with two attached hydrogens (primary N) is 1. The van der Waals surface area contributed by atoms with Crippen molar-refractivity contribution in [3.63, 3.8) is 0 Å². The molecule has 0 aliphatic rings. The summed E-state index contributed by atoms with van der Waals surface area (Å²) in [7, 11) is 0. The molecule has 0 aromatic heterocycles. The lowest BCUT2D eigenvalue weighted by atomic mass is 10.0. The minimum atomic E-state index is -0.208. The average Bonchev–Trinajstić information content (AvgIpc) is 2.20. The molecule has 0 spiro atoms. The number of hydrogen-bond acceptors (Lipinski definition) is 2. The first-order valence-corrected chi connectivity index (χ1v) is 5.20. The van der Waals surface area contributed by atoms with Crippen LogP contribution in [0.15, 0.2) is 24.3 Å². The van der Waals surface area contributed by atoms with Gasteiger partial charge in [-0.15, -0.1) is 0 Å². The highest BCUT2D eigenvalue weighted by atomic mass is 35.5. The summed E-state index contributed by atoms with van der Waals surface area (Å²) in [4.78, 5) is 11.6. The van der Waals surface area contributed by atoms with E-state index in [1.165, 1.54) is 0 Å². The third kappa shape index (κ3) is 3.53. The van der Waals surface area contributed by atoms with Gasteiger partial charge in [-0.2, -0.15) is 0 Å². The lowest BCUT2D eigenvalue weighted by Gasteiger charge is -2.15. The van der Waals surface area contributed by atoms with E-state index in [0.717, 1.165) is 5.69 Å². The zero-order valence-corrected chi connectivity index (χ0v) is 9.58. The van der Waals surface area contributed by atoms with Crippen molar-refractivity contribution in [3.05, 3.63) is 29.3 Å². The largest absolute Gasteiger partial charge is 0.327 e. The van der Waals surface area contributed by atoms with Crippen LogP contribution in [-0.4, -0.2) is 11.9 Å². The Balaban J connectivity index is 2.62. The second-order valence-electron chi connectivity index (χ2n) is 3.64. The molecule has 3 nitrogen and oxygen atoms in total. The molecule has 0 fully saturated rings. The van der Waals surface area contributed by atoms with E-state index in [4.69, 9.17) is 17.3 Å². The molecule has 0 radical (unpaired) electrons. The molecule has 3 N–H and O–H groups in total. The molecule has 1 aromatic carbocycles. The van der Waals surface area contributed by atoms with Crippen LogP contribution in [-0.2, 0) is 4.79 Å². The van der Waals surface area contributed by atoms with Crippen molar-refractivity contribution in [1.82, 2.24) is 0 Å². The normalized spacial score (nSPS) is 14.4. The molecule has 82 valence electrons. The van der Waals surface area contributed by atoms with E-state index in [-0.39, 0.29) is 17.9 Å². The number of carbonyl (C=O) groups is 1. The SMILES string of the molecule is CC(N)C(C)C(=O)Nc1ccc(Cl)cc1. The number of carbonyl (C=O) groups excluding carboxylic acids is 1. The molecule has 1 aromatic rings. The van der Waals surface area contributed by atoms with Gasteiger partial charge in [0.15, 0.2) is 0 Å². The third-order valence-corrected chi connectivity index (χ3v) is 2.57. The molecule has 2 atom stereocenters. The molecule has 0 saturated heterocycles. The van der Waals surface area contributed by atoms with Gasteiger partial charge in [0.2, 0.25) is 5.91 Å². The Labute approximate surface area is 94.6 Å². The summed E-state index contributed by atoms with van der Waals surface area (Å²) < 4.78 is 0. The Hall–Kier alpha value is -1.06. The van der Waals surface area contributed by atoms with Crippen molar-refractivity contribution in [1.29, 1.82) is 0 Å². The van der Waals surface area contributed by atoms with E-state index >= 15 is 0 Å². The number of nitrogens with one attached hydrogen (secondary N) is 1. The maximum atomic E-state index is 11.6. The lowest BCUT2D eigenvalue weighted by molar-refractivity contribution is -0.119. The van der Waals surface area contributed by atoms with E-state index in [0.29, 0.717) is 5.02 Å². The molecule has 0 bridgehead atoms. The third-order valence-electron chi connectivity index (χ3n) is 2.31. The second kappa shape index (κ2) is 5.14. The fourth-order valence-corrected chi connectivity index (χ4v) is 1.15. The summed E-state index contributed by atoms with van der Waals surface area (Å²) in [5.74, 6) is -0.284. The minimum Gasteiger partial charge on any atom is -0.327 e. The summed E-state index contributed by atoms with van der Waals surface area (Å²) in [5, 5.41) is 3.42. The van der Waals surface area contributed by atoms with Gasteiger partial charge in [-0.25, -0.2) is 0 Å². The minimum absolute atomic E-state index is 0.0766. The van der Waals surface area contributed by atoms with Crippen molar-refractivity contribution in [3.8, 4) is 0 Å². The Kier molecular flexibility index (Phi) is 4.12. The Bertz CT molecular complexity index is 335. The van der Waals surface area contributed by atoms with Crippen molar-refractivity contribution in [2.24, 2.45) is 11.7 Å². The molecule has 0 aliphatic heterocycles. The van der Waals surface area contributed by atoms with Crippen LogP contribution in [0.25, 0.3) is 0 Å². The first-order valence-electron chi connectivity index (χ1n) is 4.82. The molecule has 15 heavy (non-hydrogen) atoms. The van der Waals surface area contributed by atoms with Gasteiger partial charge in [0.1, 0.15) is 0 Å². The highest BCUT2D eigenvalue weighted by Gasteiger charge is 2.16. The fourth-order valence-electron chi connectivity index (χ4n) is 1.03. The van der Waals surface area contributed by atoms with E-state index in [1.54, 1.807) is 31.2 Å². The van der Waals surface area contributed by atoms with Crippen molar-refractivity contribution in [2.75, 3.05) is 5.32 Å². The highest BCUT2D eigenvalue weighted by Crippen LogP contribution is 2.14. The van der Waals surface area contributed by atoms with Gasteiger partial charge in [-0.3, -0.25) is 4.79 Å². The first-order chi connectivity index (χ1) is 7.00. The molecule has 1 amide bonds. The number of halogens is 1. The van der Waals surface area contributed by atoms with Gasteiger partial charge in [0, 0.05) is 16.8 Å². The predicted octanol–water partition coefficient (Wildman–Crippen LogP) is 2.26. The fraction of sp³-hybridized carbons (Fsp3) is 0.364. The summed E-state index contributed by atoms with van der Waals surface area (Å²) in [6, 6.07) is 6.82. The monoisotopic (exact) mass is 226 g/mol. The van der Waals surface area contributed by atoms with Crippen LogP contribution >= 0.6 is 11.6 Å². The summed E-state index contributed by atoms with van der Waals surface area (Å²) >= 11 is 5.73. The highest BCUT2D eigenvalue weighted by molar-refractivity contribution is 6.30. The topological polar surface area (TPSA) is 55.1 Å². The molecule has 1 rings (SSSR count). The van der Waals surface area contributed by atoms with Crippen molar-refractivity contribution in [2.45, 2.75) is 19.9 Å². The van der Waals surface area contributed by atoms with Crippen LogP contribution in [0.2, 0.25) is 5.02 Å². The van der Waals surface area contributed by atoms with E-state index < -0.39 is 0 Å². The average molecular weight is 227 g/mol. The second-order valence-corrected chi connectivity index (χ2v) is 4.08. The predicted molar refractivity (Wildman–Crippen MR) is 62.9 cm³/mol. The molecular weight excluding hydrogens is 212 g/mol. The number of hydrogen-bond donors (Lipinski definition) is 2. The van der Waals surface area contributed by atoms with Crippen LogP contribution in [0.4, 0.5) is 5.69 Å². The number of anilines is 1. The van der Waals surface area contributed by atoms with Gasteiger partial charge in [-0.1, -0.05) is 18.5 Å². The standard InChI is InChI=1S/C11H15ClN2O/c1-7(8(2)13)11(15)14-10-5-3-9(12)4-6-10/h3-8H,13H2,1-2H3,(H,14,15). The Morgan fingerprint density at radius 2 is 1.87 bits per heavy atom. The van der Waals surface area contributed by atoms with Crippen LogP contribution in [0, 0.1) is 5.92 Å². The first kappa shape index (κ1) is 12.0. The lowest BCUT2D eigenvalue weighted by Crippen LogP contribution is -2.34. The Morgan fingerprint density at radius 3 is 2.33 bits per heavy atom. The van der Waals surface area contributed by atoms with Crippen LogP contribution in [0.1, 0.15) is 13.8 Å². The van der Waals surface area contributed by atoms with Crippen LogP contribution in [0.5, 0.6) is 0 Å². The van der Waals surface area contributed by atoms with Crippen LogP contribution < -0.4 is 11.1 Å². The molecule has 4 heteroatoms. The molecule has 0 saturated carbocycles. The van der Waals surface area contributed by atoms with Gasteiger partial charge < -0.3 is 11.1 Å². The van der Waals surface area contributed by atoms with Crippen LogP contribution in [0.3, 0.4) is 0 Å². The van der Waals surface area contributed by atoms with E-state index in [1.807, 2.05) is 6.92 Å². The van der Waals surface area contributed by atoms with Gasteiger partial charge in [0.25, 0.3) is 0 Å².